The monoisotopic (exact) mass is 461 g/mol. The van der Waals surface area contributed by atoms with Crippen molar-refractivity contribution in [3.63, 3.8) is 0 Å². The highest BCUT2D eigenvalue weighted by Crippen LogP contribution is 2.22. The summed E-state index contributed by atoms with van der Waals surface area (Å²) in [5.74, 6) is -1.36. The average molecular weight is 461 g/mol. The number of rotatable bonds is 8. The number of hydrogen-bond donors (Lipinski definition) is 0. The fourth-order valence-corrected chi connectivity index (χ4v) is 3.58. The molecule has 2 aromatic carbocycles. The fourth-order valence-electron chi connectivity index (χ4n) is 3.58. The number of carbonyl (C=O) groups excluding carboxylic acids is 4. The van der Waals surface area contributed by atoms with Gasteiger partial charge in [-0.15, -0.1) is 0 Å². The highest BCUT2D eigenvalue weighted by molar-refractivity contribution is 5.98. The fraction of sp³-hybridized carbons (Fsp3) is 0.231. The summed E-state index contributed by atoms with van der Waals surface area (Å²) in [5, 5.41) is 0. The predicted molar refractivity (Wildman–Crippen MR) is 120 cm³/mol. The van der Waals surface area contributed by atoms with E-state index in [-0.39, 0.29) is 25.4 Å². The Morgan fingerprint density at radius 1 is 1.00 bits per heavy atom. The van der Waals surface area contributed by atoms with Crippen LogP contribution in [0.4, 0.5) is 0 Å². The van der Waals surface area contributed by atoms with Crippen molar-refractivity contribution in [2.75, 3.05) is 13.2 Å². The first kappa shape index (κ1) is 23.0. The second-order valence-corrected chi connectivity index (χ2v) is 8.07. The molecule has 0 aliphatic carbocycles. The van der Waals surface area contributed by atoms with Crippen molar-refractivity contribution in [3.8, 4) is 5.75 Å². The van der Waals surface area contributed by atoms with Crippen LogP contribution < -0.4 is 4.74 Å². The molecule has 1 aliphatic rings. The highest BCUT2D eigenvalue weighted by atomic mass is 16.5. The number of furan rings is 1. The van der Waals surface area contributed by atoms with Crippen LogP contribution in [0.25, 0.3) is 0 Å². The van der Waals surface area contributed by atoms with Crippen LogP contribution in [0.15, 0.2) is 71.3 Å². The molecule has 1 saturated heterocycles. The number of carbonyl (C=O) groups is 4. The van der Waals surface area contributed by atoms with Gasteiger partial charge in [-0.2, -0.15) is 0 Å². The third-order valence-corrected chi connectivity index (χ3v) is 5.49. The van der Waals surface area contributed by atoms with Gasteiger partial charge in [-0.1, -0.05) is 17.7 Å². The third-order valence-electron chi connectivity index (χ3n) is 5.49. The van der Waals surface area contributed by atoms with Gasteiger partial charge < -0.3 is 18.8 Å². The highest BCUT2D eigenvalue weighted by Gasteiger charge is 2.36. The molecule has 1 atom stereocenters. The number of hydrogen-bond acceptors (Lipinski definition) is 7. The molecular weight excluding hydrogens is 438 g/mol. The first-order chi connectivity index (χ1) is 16.4. The van der Waals surface area contributed by atoms with Crippen LogP contribution >= 0.6 is 0 Å². The van der Waals surface area contributed by atoms with E-state index in [4.69, 9.17) is 13.9 Å². The lowest BCUT2D eigenvalue weighted by Gasteiger charge is -2.14. The molecular formula is C26H23NO7. The summed E-state index contributed by atoms with van der Waals surface area (Å²) in [7, 11) is 0. The van der Waals surface area contributed by atoms with Crippen LogP contribution in [0, 0.1) is 12.8 Å². The Morgan fingerprint density at radius 2 is 1.71 bits per heavy atom. The van der Waals surface area contributed by atoms with Crippen molar-refractivity contribution >= 4 is 23.6 Å². The first-order valence-corrected chi connectivity index (χ1v) is 10.8. The molecule has 0 radical (unpaired) electrons. The van der Waals surface area contributed by atoms with Gasteiger partial charge in [0.1, 0.15) is 11.5 Å². The maximum Gasteiger partial charge on any atom is 0.343 e. The quantitative estimate of drug-likeness (QED) is 0.287. The number of esters is 2. The molecule has 1 fully saturated rings. The molecule has 0 bridgehead atoms. The lowest BCUT2D eigenvalue weighted by atomic mass is 10.1. The largest absolute Gasteiger partial charge is 0.467 e. The Balaban J connectivity index is 1.26. The minimum atomic E-state index is -0.626. The Bertz CT molecular complexity index is 1180. The lowest BCUT2D eigenvalue weighted by Crippen LogP contribution is -2.27. The number of amides is 1. The molecule has 0 saturated carbocycles. The van der Waals surface area contributed by atoms with E-state index >= 15 is 0 Å². The minimum Gasteiger partial charge on any atom is -0.467 e. The van der Waals surface area contributed by atoms with E-state index in [0.717, 1.165) is 5.56 Å². The van der Waals surface area contributed by atoms with Gasteiger partial charge in [-0.25, -0.2) is 4.79 Å². The van der Waals surface area contributed by atoms with Crippen molar-refractivity contribution in [2.24, 2.45) is 5.92 Å². The number of nitrogens with zero attached hydrogens (tertiary/aromatic N) is 1. The van der Waals surface area contributed by atoms with Crippen LogP contribution in [0.1, 0.15) is 38.5 Å². The topological polar surface area (TPSA) is 103 Å². The summed E-state index contributed by atoms with van der Waals surface area (Å²) in [6.45, 7) is 1.99. The molecule has 2 heterocycles. The van der Waals surface area contributed by atoms with Crippen LogP contribution in [0.5, 0.6) is 5.75 Å². The van der Waals surface area contributed by atoms with Crippen LogP contribution in [0.3, 0.4) is 0 Å². The van der Waals surface area contributed by atoms with Gasteiger partial charge in [-0.05, 0) is 55.5 Å². The molecule has 8 heteroatoms. The van der Waals surface area contributed by atoms with Crippen LogP contribution in [0.2, 0.25) is 0 Å². The molecule has 8 nitrogen and oxygen atoms in total. The zero-order valence-corrected chi connectivity index (χ0v) is 18.6. The molecule has 3 aromatic rings. The van der Waals surface area contributed by atoms with Gasteiger partial charge in [0.05, 0.1) is 24.3 Å². The van der Waals surface area contributed by atoms with Gasteiger partial charge in [0.15, 0.2) is 12.4 Å². The van der Waals surface area contributed by atoms with E-state index in [1.54, 1.807) is 24.3 Å². The number of likely N-dealkylation sites (tertiary alicyclic amines) is 1. The Kier molecular flexibility index (Phi) is 6.87. The summed E-state index contributed by atoms with van der Waals surface area (Å²) < 4.78 is 15.7. The molecule has 0 spiro atoms. The van der Waals surface area contributed by atoms with E-state index < -0.39 is 30.2 Å². The average Bonchev–Trinajstić information content (AvgIpc) is 3.48. The standard InChI is InChI=1S/C26H23NO7/c1-17-4-6-19(7-5-17)26(31)34-21-10-8-18(9-11-21)23(28)16-33-25(30)20-13-24(29)27(14-20)15-22-3-2-12-32-22/h2-12,20H,13-16H2,1H3/t20-/m0/s1. The van der Waals surface area contributed by atoms with Gasteiger partial charge >= 0.3 is 11.9 Å². The van der Waals surface area contributed by atoms with Crippen molar-refractivity contribution in [2.45, 2.75) is 19.9 Å². The van der Waals surface area contributed by atoms with Crippen LogP contribution in [-0.4, -0.2) is 41.7 Å². The van der Waals surface area contributed by atoms with E-state index in [1.165, 1.54) is 35.4 Å². The van der Waals surface area contributed by atoms with Crippen molar-refractivity contribution in [3.05, 3.63) is 89.4 Å². The summed E-state index contributed by atoms with van der Waals surface area (Å²) in [4.78, 5) is 50.7. The molecule has 4 rings (SSSR count). The predicted octanol–water partition coefficient (Wildman–Crippen LogP) is 3.58. The second-order valence-electron chi connectivity index (χ2n) is 8.07. The number of aryl methyl sites for hydroxylation is 1. The lowest BCUT2D eigenvalue weighted by molar-refractivity contribution is -0.147. The number of ether oxygens (including phenoxy) is 2. The number of benzene rings is 2. The summed E-state index contributed by atoms with van der Waals surface area (Å²) >= 11 is 0. The van der Waals surface area contributed by atoms with Crippen molar-refractivity contribution in [1.82, 2.24) is 4.90 Å². The molecule has 1 amide bonds. The van der Waals surface area contributed by atoms with E-state index in [0.29, 0.717) is 22.6 Å². The maximum absolute atomic E-state index is 12.4. The summed E-state index contributed by atoms with van der Waals surface area (Å²) in [6.07, 6.45) is 1.56. The van der Waals surface area contributed by atoms with Gasteiger partial charge in [0, 0.05) is 18.5 Å². The molecule has 0 unspecified atom stereocenters. The molecule has 1 aliphatic heterocycles. The zero-order chi connectivity index (χ0) is 24.1. The van der Waals surface area contributed by atoms with E-state index in [2.05, 4.69) is 0 Å². The Labute approximate surface area is 196 Å². The summed E-state index contributed by atoms with van der Waals surface area (Å²) in [5.41, 5.74) is 1.77. The SMILES string of the molecule is Cc1ccc(C(=O)Oc2ccc(C(=O)COC(=O)[C@H]3CC(=O)N(Cc4ccco4)C3)cc2)cc1. The number of Topliss-reactive ketones (excluding diaryl/α,β-unsaturated/α-hetero) is 1. The minimum absolute atomic E-state index is 0.0365. The summed E-state index contributed by atoms with van der Waals surface area (Å²) in [6, 6.07) is 16.5. The van der Waals surface area contributed by atoms with E-state index in [9.17, 15) is 19.2 Å². The molecule has 174 valence electrons. The smallest absolute Gasteiger partial charge is 0.343 e. The van der Waals surface area contributed by atoms with Gasteiger partial charge in [0.25, 0.3) is 0 Å². The Hall–Kier alpha value is -4.20. The molecule has 1 aromatic heterocycles. The van der Waals surface area contributed by atoms with Crippen molar-refractivity contribution < 1.29 is 33.1 Å². The molecule has 0 N–H and O–H groups in total. The normalized spacial score (nSPS) is 15.3. The first-order valence-electron chi connectivity index (χ1n) is 10.8. The Morgan fingerprint density at radius 3 is 2.38 bits per heavy atom. The molecule has 34 heavy (non-hydrogen) atoms. The van der Waals surface area contributed by atoms with Crippen molar-refractivity contribution in [1.29, 1.82) is 0 Å². The maximum atomic E-state index is 12.4. The second kappa shape index (κ2) is 10.2. The van der Waals surface area contributed by atoms with Gasteiger partial charge in [0.2, 0.25) is 5.91 Å². The van der Waals surface area contributed by atoms with Crippen LogP contribution in [-0.2, 0) is 20.9 Å². The van der Waals surface area contributed by atoms with Gasteiger partial charge in [-0.3, -0.25) is 14.4 Å². The zero-order valence-electron chi connectivity index (χ0n) is 18.6. The number of ketones is 1. The van der Waals surface area contributed by atoms with E-state index in [1.807, 2.05) is 19.1 Å². The third kappa shape index (κ3) is 5.58.